The SMILES string of the molecule is COC(=O)Cc1cc(Br)c(Sc2ccc(O)c(Cc3ccc(Cl)nn3)c2)c(Br)c1. The molecule has 1 N–H and O–H groups in total. The number of aromatic nitrogens is 2. The number of rotatable bonds is 6. The molecule has 0 atom stereocenters. The van der Waals surface area contributed by atoms with Crippen LogP contribution < -0.4 is 0 Å². The highest BCUT2D eigenvalue weighted by molar-refractivity contribution is 9.11. The van der Waals surface area contributed by atoms with Gasteiger partial charge in [-0.1, -0.05) is 23.4 Å². The third-order valence-corrected chi connectivity index (χ3v) is 7.07. The van der Waals surface area contributed by atoms with Gasteiger partial charge in [-0.05, 0) is 79.9 Å². The Morgan fingerprint density at radius 1 is 1.14 bits per heavy atom. The molecule has 3 aromatic rings. The smallest absolute Gasteiger partial charge is 0.309 e. The quantitative estimate of drug-likeness (QED) is 0.385. The number of hydrogen-bond donors (Lipinski definition) is 1. The molecule has 1 heterocycles. The van der Waals surface area contributed by atoms with Gasteiger partial charge < -0.3 is 9.84 Å². The van der Waals surface area contributed by atoms with Crippen molar-refractivity contribution >= 4 is 61.2 Å². The summed E-state index contributed by atoms with van der Waals surface area (Å²) in [4.78, 5) is 13.4. The van der Waals surface area contributed by atoms with Crippen LogP contribution in [0.4, 0.5) is 0 Å². The molecule has 5 nitrogen and oxygen atoms in total. The lowest BCUT2D eigenvalue weighted by Crippen LogP contribution is -2.04. The molecule has 0 fully saturated rings. The first-order valence-corrected chi connectivity index (χ1v) is 11.2. The average Bonchev–Trinajstić information content (AvgIpc) is 2.68. The van der Waals surface area contributed by atoms with Gasteiger partial charge in [0.05, 0.1) is 19.2 Å². The first-order chi connectivity index (χ1) is 13.9. The van der Waals surface area contributed by atoms with Crippen molar-refractivity contribution in [3.63, 3.8) is 0 Å². The summed E-state index contributed by atoms with van der Waals surface area (Å²) in [6, 6.07) is 12.7. The molecular formula is C20H15Br2ClN2O3S. The van der Waals surface area contributed by atoms with Crippen molar-refractivity contribution in [2.75, 3.05) is 7.11 Å². The van der Waals surface area contributed by atoms with Gasteiger partial charge in [0, 0.05) is 30.7 Å². The molecule has 3 rings (SSSR count). The molecule has 0 saturated heterocycles. The maximum Gasteiger partial charge on any atom is 0.309 e. The molecule has 29 heavy (non-hydrogen) atoms. The Morgan fingerprint density at radius 2 is 1.86 bits per heavy atom. The maximum absolute atomic E-state index is 11.5. The van der Waals surface area contributed by atoms with Crippen molar-refractivity contribution in [3.05, 3.63) is 73.4 Å². The Balaban J connectivity index is 1.83. The predicted octanol–water partition coefficient (Wildman–Crippen LogP) is 5.82. The first-order valence-electron chi connectivity index (χ1n) is 8.38. The van der Waals surface area contributed by atoms with Crippen LogP contribution in [0.1, 0.15) is 16.8 Å². The molecule has 0 spiro atoms. The van der Waals surface area contributed by atoms with E-state index in [2.05, 4.69) is 42.1 Å². The lowest BCUT2D eigenvalue weighted by molar-refractivity contribution is -0.139. The van der Waals surface area contributed by atoms with Crippen LogP contribution in [0.25, 0.3) is 0 Å². The molecule has 150 valence electrons. The summed E-state index contributed by atoms with van der Waals surface area (Å²) in [5.41, 5.74) is 2.29. The molecule has 0 amide bonds. The second kappa shape index (κ2) is 9.93. The monoisotopic (exact) mass is 556 g/mol. The number of ether oxygens (including phenoxy) is 1. The van der Waals surface area contributed by atoms with Crippen molar-refractivity contribution < 1.29 is 14.6 Å². The Bertz CT molecular complexity index is 1030. The maximum atomic E-state index is 11.5. The normalized spacial score (nSPS) is 10.8. The minimum Gasteiger partial charge on any atom is -0.508 e. The van der Waals surface area contributed by atoms with Crippen molar-refractivity contribution in [2.45, 2.75) is 22.6 Å². The summed E-state index contributed by atoms with van der Waals surface area (Å²) >= 11 is 14.5. The van der Waals surface area contributed by atoms with E-state index in [1.807, 2.05) is 24.3 Å². The molecule has 0 aliphatic carbocycles. The van der Waals surface area contributed by atoms with Gasteiger partial charge >= 0.3 is 5.97 Å². The highest BCUT2D eigenvalue weighted by Crippen LogP contribution is 2.41. The Kier molecular flexibility index (Phi) is 7.56. The van der Waals surface area contributed by atoms with Gasteiger partial charge in [0.1, 0.15) is 5.75 Å². The fourth-order valence-corrected chi connectivity index (χ4v) is 5.32. The molecule has 0 aliphatic rings. The van der Waals surface area contributed by atoms with Crippen LogP contribution in [0.2, 0.25) is 5.15 Å². The summed E-state index contributed by atoms with van der Waals surface area (Å²) in [5, 5.41) is 18.4. The predicted molar refractivity (Wildman–Crippen MR) is 120 cm³/mol. The van der Waals surface area contributed by atoms with Gasteiger partial charge in [-0.3, -0.25) is 4.79 Å². The van der Waals surface area contributed by atoms with Crippen LogP contribution in [-0.4, -0.2) is 28.4 Å². The van der Waals surface area contributed by atoms with E-state index in [0.29, 0.717) is 17.3 Å². The number of benzene rings is 2. The van der Waals surface area contributed by atoms with E-state index in [-0.39, 0.29) is 18.1 Å². The highest BCUT2D eigenvalue weighted by Gasteiger charge is 2.13. The van der Waals surface area contributed by atoms with Crippen LogP contribution >= 0.6 is 55.2 Å². The lowest BCUT2D eigenvalue weighted by atomic mass is 10.1. The van der Waals surface area contributed by atoms with Crippen molar-refractivity contribution in [2.24, 2.45) is 0 Å². The van der Waals surface area contributed by atoms with Crippen LogP contribution in [0.15, 0.2) is 61.2 Å². The van der Waals surface area contributed by atoms with E-state index in [4.69, 9.17) is 16.3 Å². The van der Waals surface area contributed by atoms with Crippen molar-refractivity contribution in [3.8, 4) is 5.75 Å². The number of hydrogen-bond acceptors (Lipinski definition) is 6. The molecule has 0 unspecified atom stereocenters. The van der Waals surface area contributed by atoms with Gasteiger partial charge in [-0.25, -0.2) is 0 Å². The molecule has 9 heteroatoms. The molecule has 0 saturated carbocycles. The van der Waals surface area contributed by atoms with Gasteiger partial charge in [0.25, 0.3) is 0 Å². The third kappa shape index (κ3) is 5.94. The molecule has 0 aliphatic heterocycles. The zero-order valence-electron chi connectivity index (χ0n) is 15.2. The zero-order valence-corrected chi connectivity index (χ0v) is 19.9. The summed E-state index contributed by atoms with van der Waals surface area (Å²) in [6.45, 7) is 0. The van der Waals surface area contributed by atoms with Crippen molar-refractivity contribution in [1.29, 1.82) is 0 Å². The summed E-state index contributed by atoms with van der Waals surface area (Å²) < 4.78 is 6.44. The summed E-state index contributed by atoms with van der Waals surface area (Å²) in [5.74, 6) is -0.102. The van der Waals surface area contributed by atoms with E-state index in [9.17, 15) is 9.90 Å². The minimum absolute atomic E-state index is 0.192. The second-order valence-electron chi connectivity index (χ2n) is 6.06. The van der Waals surface area contributed by atoms with E-state index >= 15 is 0 Å². The Hall–Kier alpha value is -1.61. The Labute approximate surface area is 194 Å². The molecule has 2 aromatic carbocycles. The van der Waals surface area contributed by atoms with E-state index in [1.165, 1.54) is 18.9 Å². The zero-order chi connectivity index (χ0) is 21.0. The minimum atomic E-state index is -0.294. The lowest BCUT2D eigenvalue weighted by Gasteiger charge is -2.12. The fourth-order valence-electron chi connectivity index (χ4n) is 2.57. The summed E-state index contributed by atoms with van der Waals surface area (Å²) in [7, 11) is 1.37. The average molecular weight is 559 g/mol. The number of phenolic OH excluding ortho intramolecular Hbond substituents is 1. The molecule has 1 aromatic heterocycles. The largest absolute Gasteiger partial charge is 0.508 e. The van der Waals surface area contributed by atoms with Gasteiger partial charge in [-0.15, -0.1) is 5.10 Å². The van der Waals surface area contributed by atoms with E-state index in [1.54, 1.807) is 18.2 Å². The molecular weight excluding hydrogens is 544 g/mol. The topological polar surface area (TPSA) is 72.3 Å². The van der Waals surface area contributed by atoms with Crippen LogP contribution in [0, 0.1) is 0 Å². The summed E-state index contributed by atoms with van der Waals surface area (Å²) in [6.07, 6.45) is 0.634. The number of esters is 1. The van der Waals surface area contributed by atoms with Crippen LogP contribution in [0.3, 0.4) is 0 Å². The van der Waals surface area contributed by atoms with Gasteiger partial charge in [0.15, 0.2) is 5.15 Å². The van der Waals surface area contributed by atoms with Crippen LogP contribution in [-0.2, 0) is 22.4 Å². The number of carbonyl (C=O) groups excluding carboxylic acids is 1. The first kappa shape index (κ1) is 22.1. The number of aromatic hydroxyl groups is 1. The van der Waals surface area contributed by atoms with Gasteiger partial charge in [-0.2, -0.15) is 5.10 Å². The Morgan fingerprint density at radius 3 is 2.48 bits per heavy atom. The molecule has 0 bridgehead atoms. The number of carbonyl (C=O) groups is 1. The second-order valence-corrected chi connectivity index (χ2v) is 9.24. The molecule has 0 radical (unpaired) electrons. The highest BCUT2D eigenvalue weighted by atomic mass is 79.9. The fraction of sp³-hybridized carbons (Fsp3) is 0.150. The third-order valence-electron chi connectivity index (χ3n) is 3.96. The number of halogens is 3. The van der Waals surface area contributed by atoms with Gasteiger partial charge in [0.2, 0.25) is 0 Å². The number of methoxy groups -OCH3 is 1. The standard InChI is InChI=1S/C20H15Br2ClN2O3S/c1-28-19(27)8-11-6-15(21)20(16(22)7-11)29-14-3-4-17(26)12(10-14)9-13-2-5-18(23)25-24-13/h2-7,10,26H,8-9H2,1H3. The van der Waals surface area contributed by atoms with Crippen molar-refractivity contribution in [1.82, 2.24) is 10.2 Å². The van der Waals surface area contributed by atoms with E-state index in [0.717, 1.165) is 29.9 Å². The van der Waals surface area contributed by atoms with Crippen LogP contribution in [0.5, 0.6) is 5.75 Å². The number of nitrogens with zero attached hydrogens (tertiary/aromatic N) is 2. The van der Waals surface area contributed by atoms with E-state index < -0.39 is 0 Å². The number of phenols is 1.